The van der Waals surface area contributed by atoms with Crippen LogP contribution in [-0.2, 0) is 0 Å². The Morgan fingerprint density at radius 3 is 2.71 bits per heavy atom. The maximum atomic E-state index is 12.0. The number of benzene rings is 1. The molecule has 0 saturated carbocycles. The highest BCUT2D eigenvalue weighted by Gasteiger charge is 2.12. The smallest absolute Gasteiger partial charge is 0.253 e. The van der Waals surface area contributed by atoms with E-state index in [0.717, 1.165) is 10.0 Å². The predicted molar refractivity (Wildman–Crippen MR) is 72.1 cm³/mol. The zero-order valence-electron chi connectivity index (χ0n) is 10.4. The van der Waals surface area contributed by atoms with E-state index >= 15 is 0 Å². The lowest BCUT2D eigenvalue weighted by Crippen LogP contribution is -2.29. The van der Waals surface area contributed by atoms with Gasteiger partial charge in [-0.1, -0.05) is 15.9 Å². The molecule has 0 aliphatic rings. The van der Waals surface area contributed by atoms with Crippen LogP contribution in [0.1, 0.15) is 29.3 Å². The van der Waals surface area contributed by atoms with Crippen LogP contribution in [0.5, 0.6) is 0 Å². The minimum Gasteiger partial charge on any atom is -0.393 e. The fourth-order valence-electron chi connectivity index (χ4n) is 1.48. The van der Waals surface area contributed by atoms with Gasteiger partial charge in [0.15, 0.2) is 0 Å². The molecule has 1 aromatic carbocycles. The van der Waals surface area contributed by atoms with Crippen LogP contribution in [0.2, 0.25) is 0 Å². The van der Waals surface area contributed by atoms with Crippen LogP contribution >= 0.6 is 15.9 Å². The van der Waals surface area contributed by atoms with Gasteiger partial charge in [-0.15, -0.1) is 0 Å². The third kappa shape index (κ3) is 4.13. The standard InChI is InChI=1S/C13H18BrNO2/c1-9-8-11(4-5-12(9)14)13(17)15(3)7-6-10(2)16/h4-5,8,10,16H,6-7H2,1-3H3. The normalized spacial score (nSPS) is 12.3. The van der Waals surface area contributed by atoms with Gasteiger partial charge in [-0.3, -0.25) is 4.79 Å². The van der Waals surface area contributed by atoms with E-state index < -0.39 is 0 Å². The highest BCUT2D eigenvalue weighted by Crippen LogP contribution is 2.18. The summed E-state index contributed by atoms with van der Waals surface area (Å²) in [5, 5.41) is 9.19. The summed E-state index contributed by atoms with van der Waals surface area (Å²) in [6, 6.07) is 5.55. The molecular weight excluding hydrogens is 282 g/mol. The molecule has 0 spiro atoms. The van der Waals surface area contributed by atoms with Crippen LogP contribution in [0.4, 0.5) is 0 Å². The first-order valence-corrected chi connectivity index (χ1v) is 6.40. The predicted octanol–water partition coefficient (Wildman–Crippen LogP) is 2.60. The van der Waals surface area contributed by atoms with Crippen molar-refractivity contribution in [2.24, 2.45) is 0 Å². The number of amides is 1. The summed E-state index contributed by atoms with van der Waals surface area (Å²) in [5.74, 6) is -0.0127. The number of aliphatic hydroxyl groups is 1. The Morgan fingerprint density at radius 1 is 1.53 bits per heavy atom. The maximum absolute atomic E-state index is 12.0. The van der Waals surface area contributed by atoms with Gasteiger partial charge in [0.25, 0.3) is 5.91 Å². The molecule has 94 valence electrons. The number of rotatable bonds is 4. The van der Waals surface area contributed by atoms with Crippen LogP contribution in [0, 0.1) is 6.92 Å². The molecule has 4 heteroatoms. The molecule has 0 aromatic heterocycles. The lowest BCUT2D eigenvalue weighted by atomic mass is 10.1. The van der Waals surface area contributed by atoms with Crippen molar-refractivity contribution in [1.82, 2.24) is 4.90 Å². The number of nitrogens with zero attached hydrogens (tertiary/aromatic N) is 1. The quantitative estimate of drug-likeness (QED) is 0.928. The first kappa shape index (κ1) is 14.2. The van der Waals surface area contributed by atoms with Gasteiger partial charge in [-0.2, -0.15) is 0 Å². The van der Waals surface area contributed by atoms with E-state index in [0.29, 0.717) is 18.5 Å². The molecule has 0 saturated heterocycles. The van der Waals surface area contributed by atoms with Gasteiger partial charge >= 0.3 is 0 Å². The van der Waals surface area contributed by atoms with Crippen molar-refractivity contribution < 1.29 is 9.90 Å². The second-order valence-corrected chi connectivity index (χ2v) is 5.18. The van der Waals surface area contributed by atoms with Gasteiger partial charge in [-0.05, 0) is 44.0 Å². The molecule has 1 atom stereocenters. The minimum absolute atomic E-state index is 0.0127. The van der Waals surface area contributed by atoms with Crippen LogP contribution in [-0.4, -0.2) is 35.6 Å². The topological polar surface area (TPSA) is 40.5 Å². The molecule has 0 heterocycles. The molecule has 0 radical (unpaired) electrons. The summed E-state index contributed by atoms with van der Waals surface area (Å²) >= 11 is 3.41. The molecular formula is C13H18BrNO2. The first-order chi connectivity index (χ1) is 7.91. The highest BCUT2D eigenvalue weighted by atomic mass is 79.9. The third-order valence-electron chi connectivity index (χ3n) is 2.63. The van der Waals surface area contributed by atoms with E-state index in [2.05, 4.69) is 15.9 Å². The number of carbonyl (C=O) groups excluding carboxylic acids is 1. The van der Waals surface area contributed by atoms with Crippen molar-refractivity contribution in [2.45, 2.75) is 26.4 Å². The van der Waals surface area contributed by atoms with Crippen LogP contribution in [0.15, 0.2) is 22.7 Å². The molecule has 1 aromatic rings. The molecule has 0 aliphatic heterocycles. The van der Waals surface area contributed by atoms with Crippen LogP contribution in [0.25, 0.3) is 0 Å². The van der Waals surface area contributed by atoms with Crippen molar-refractivity contribution in [3.63, 3.8) is 0 Å². The van der Waals surface area contributed by atoms with E-state index in [1.54, 1.807) is 24.9 Å². The zero-order chi connectivity index (χ0) is 13.0. The largest absolute Gasteiger partial charge is 0.393 e. The van der Waals surface area contributed by atoms with Gasteiger partial charge in [0.2, 0.25) is 0 Å². The molecule has 3 nitrogen and oxygen atoms in total. The van der Waals surface area contributed by atoms with Crippen LogP contribution in [0.3, 0.4) is 0 Å². The van der Waals surface area contributed by atoms with Crippen molar-refractivity contribution >= 4 is 21.8 Å². The number of halogens is 1. The fourth-order valence-corrected chi connectivity index (χ4v) is 1.73. The van der Waals surface area contributed by atoms with E-state index in [-0.39, 0.29) is 12.0 Å². The van der Waals surface area contributed by atoms with Gasteiger partial charge in [-0.25, -0.2) is 0 Å². The van der Waals surface area contributed by atoms with Crippen molar-refractivity contribution in [3.8, 4) is 0 Å². The Balaban J connectivity index is 2.71. The summed E-state index contributed by atoms with van der Waals surface area (Å²) in [6.07, 6.45) is 0.217. The number of carbonyl (C=O) groups is 1. The Bertz CT molecular complexity index is 404. The molecule has 0 aliphatic carbocycles. The number of hydrogen-bond donors (Lipinski definition) is 1. The van der Waals surface area contributed by atoms with Gasteiger partial charge in [0, 0.05) is 23.6 Å². The maximum Gasteiger partial charge on any atom is 0.253 e. The summed E-state index contributed by atoms with van der Waals surface area (Å²) in [7, 11) is 1.75. The van der Waals surface area contributed by atoms with E-state index in [4.69, 9.17) is 0 Å². The molecule has 0 bridgehead atoms. The summed E-state index contributed by atoms with van der Waals surface area (Å²) in [4.78, 5) is 13.7. The van der Waals surface area contributed by atoms with Crippen molar-refractivity contribution in [1.29, 1.82) is 0 Å². The average Bonchev–Trinajstić information content (AvgIpc) is 2.28. The third-order valence-corrected chi connectivity index (χ3v) is 3.52. The van der Waals surface area contributed by atoms with E-state index in [1.165, 1.54) is 0 Å². The molecule has 1 unspecified atom stereocenters. The fraction of sp³-hybridized carbons (Fsp3) is 0.462. The van der Waals surface area contributed by atoms with Gasteiger partial charge < -0.3 is 10.0 Å². The first-order valence-electron chi connectivity index (χ1n) is 5.61. The highest BCUT2D eigenvalue weighted by molar-refractivity contribution is 9.10. The Labute approximate surface area is 111 Å². The second-order valence-electron chi connectivity index (χ2n) is 4.33. The number of hydrogen-bond acceptors (Lipinski definition) is 2. The summed E-state index contributed by atoms with van der Waals surface area (Å²) in [6.45, 7) is 4.24. The zero-order valence-corrected chi connectivity index (χ0v) is 12.0. The summed E-state index contributed by atoms with van der Waals surface area (Å²) in [5.41, 5.74) is 1.72. The Kier molecular flexibility index (Phi) is 5.15. The van der Waals surface area contributed by atoms with Crippen molar-refractivity contribution in [2.75, 3.05) is 13.6 Å². The van der Waals surface area contributed by atoms with Gasteiger partial charge in [0.05, 0.1) is 6.10 Å². The average molecular weight is 300 g/mol. The Hall–Kier alpha value is -0.870. The lowest BCUT2D eigenvalue weighted by molar-refractivity contribution is 0.0769. The molecule has 17 heavy (non-hydrogen) atoms. The number of aryl methyl sites for hydroxylation is 1. The SMILES string of the molecule is Cc1cc(C(=O)N(C)CCC(C)O)ccc1Br. The Morgan fingerprint density at radius 2 is 2.18 bits per heavy atom. The monoisotopic (exact) mass is 299 g/mol. The molecule has 1 amide bonds. The number of aliphatic hydroxyl groups excluding tert-OH is 1. The van der Waals surface area contributed by atoms with E-state index in [1.807, 2.05) is 19.1 Å². The van der Waals surface area contributed by atoms with E-state index in [9.17, 15) is 9.90 Å². The minimum atomic E-state index is -0.378. The van der Waals surface area contributed by atoms with Crippen molar-refractivity contribution in [3.05, 3.63) is 33.8 Å². The summed E-state index contributed by atoms with van der Waals surface area (Å²) < 4.78 is 1.00. The molecule has 1 rings (SSSR count). The van der Waals surface area contributed by atoms with Gasteiger partial charge in [0.1, 0.15) is 0 Å². The second kappa shape index (κ2) is 6.17. The lowest BCUT2D eigenvalue weighted by Gasteiger charge is -2.18. The molecule has 1 N–H and O–H groups in total. The van der Waals surface area contributed by atoms with Crippen LogP contribution < -0.4 is 0 Å². The molecule has 0 fully saturated rings.